The van der Waals surface area contributed by atoms with Gasteiger partial charge in [-0.2, -0.15) is 0 Å². The Morgan fingerprint density at radius 2 is 1.94 bits per heavy atom. The molecule has 9 heteroatoms. The van der Waals surface area contributed by atoms with Gasteiger partial charge in [-0.25, -0.2) is 4.39 Å². The van der Waals surface area contributed by atoms with E-state index < -0.39 is 28.2 Å². The van der Waals surface area contributed by atoms with Gasteiger partial charge in [-0.05, 0) is 49.6 Å². The van der Waals surface area contributed by atoms with Crippen LogP contribution < -0.4 is 10.2 Å². The lowest BCUT2D eigenvalue weighted by Crippen LogP contribution is -2.45. The van der Waals surface area contributed by atoms with E-state index in [1.54, 1.807) is 19.1 Å². The van der Waals surface area contributed by atoms with Gasteiger partial charge < -0.3 is 15.0 Å². The smallest absolute Gasteiger partial charge is 0.308 e. The highest BCUT2D eigenvalue weighted by Gasteiger charge is 2.33. The minimum absolute atomic E-state index is 0.0714. The number of anilines is 1. The van der Waals surface area contributed by atoms with Crippen LogP contribution in [-0.2, 0) is 15.1 Å². The molecule has 31 heavy (non-hydrogen) atoms. The van der Waals surface area contributed by atoms with Gasteiger partial charge in [0.05, 0.1) is 24.0 Å². The lowest BCUT2D eigenvalue weighted by molar-refractivity contribution is -0.384. The molecule has 1 aliphatic rings. The van der Waals surface area contributed by atoms with Crippen molar-refractivity contribution in [2.24, 2.45) is 0 Å². The molecule has 0 unspecified atom stereocenters. The summed E-state index contributed by atoms with van der Waals surface area (Å²) in [5.41, 5.74) is -0.526. The number of nitrogens with one attached hydrogen (secondary N) is 1. The molecule has 1 saturated heterocycles. The van der Waals surface area contributed by atoms with Crippen LogP contribution >= 0.6 is 0 Å². The van der Waals surface area contributed by atoms with Crippen molar-refractivity contribution in [3.8, 4) is 0 Å². The third-order valence-electron chi connectivity index (χ3n) is 5.46. The van der Waals surface area contributed by atoms with Crippen molar-refractivity contribution in [3.63, 3.8) is 0 Å². The van der Waals surface area contributed by atoms with Crippen molar-refractivity contribution in [1.29, 1.82) is 0 Å². The maximum atomic E-state index is 13.8. The van der Waals surface area contributed by atoms with Crippen LogP contribution in [0.2, 0.25) is 0 Å². The van der Waals surface area contributed by atoms with Crippen LogP contribution in [-0.4, -0.2) is 37.0 Å². The van der Waals surface area contributed by atoms with Gasteiger partial charge in [0.25, 0.3) is 11.6 Å². The van der Waals surface area contributed by atoms with Gasteiger partial charge in [0, 0.05) is 24.7 Å². The van der Waals surface area contributed by atoms with Crippen LogP contribution in [0.3, 0.4) is 0 Å². The molecule has 0 bridgehead atoms. The number of ether oxygens (including phenoxy) is 1. The molecular formula is C22H24FN3O5. The SMILES string of the molecule is COC(=O)C[C@](C)(NC(=O)c1ccc(N2CCCC2)c([N+](=O)[O-])c1)c1cccc(F)c1. The highest BCUT2D eigenvalue weighted by Crippen LogP contribution is 2.32. The van der Waals surface area contributed by atoms with Crippen molar-refractivity contribution in [3.05, 3.63) is 69.5 Å². The van der Waals surface area contributed by atoms with E-state index in [-0.39, 0.29) is 17.7 Å². The second-order valence-electron chi connectivity index (χ2n) is 7.70. The summed E-state index contributed by atoms with van der Waals surface area (Å²) in [6.07, 6.45) is 1.67. The number of methoxy groups -OCH3 is 1. The second-order valence-corrected chi connectivity index (χ2v) is 7.70. The Balaban J connectivity index is 1.93. The van der Waals surface area contributed by atoms with E-state index in [1.807, 2.05) is 4.90 Å². The van der Waals surface area contributed by atoms with Crippen LogP contribution in [0.5, 0.6) is 0 Å². The summed E-state index contributed by atoms with van der Waals surface area (Å²) in [6, 6.07) is 9.85. The van der Waals surface area contributed by atoms with E-state index in [9.17, 15) is 24.1 Å². The van der Waals surface area contributed by atoms with E-state index in [0.717, 1.165) is 25.9 Å². The molecule has 0 saturated carbocycles. The van der Waals surface area contributed by atoms with E-state index in [4.69, 9.17) is 4.74 Å². The van der Waals surface area contributed by atoms with Crippen LogP contribution in [0.1, 0.15) is 42.1 Å². The van der Waals surface area contributed by atoms with Gasteiger partial charge in [0.15, 0.2) is 0 Å². The highest BCUT2D eigenvalue weighted by molar-refractivity contribution is 5.96. The first-order valence-corrected chi connectivity index (χ1v) is 9.92. The summed E-state index contributed by atoms with van der Waals surface area (Å²) in [7, 11) is 1.22. The van der Waals surface area contributed by atoms with Crippen molar-refractivity contribution in [2.45, 2.75) is 31.7 Å². The molecule has 1 atom stereocenters. The number of nitro benzene ring substituents is 1. The summed E-state index contributed by atoms with van der Waals surface area (Å²) in [5, 5.41) is 14.4. The number of benzene rings is 2. The second kappa shape index (κ2) is 9.11. The molecule has 0 radical (unpaired) electrons. The zero-order valence-electron chi connectivity index (χ0n) is 17.4. The predicted octanol–water partition coefficient (Wildman–Crippen LogP) is 3.54. The number of nitrogens with zero attached hydrogens (tertiary/aromatic N) is 2. The summed E-state index contributed by atoms with van der Waals surface area (Å²) < 4.78 is 18.5. The number of carbonyl (C=O) groups is 2. The molecule has 1 amide bonds. The average molecular weight is 429 g/mol. The van der Waals surface area contributed by atoms with E-state index in [2.05, 4.69) is 5.32 Å². The van der Waals surface area contributed by atoms with Gasteiger partial charge in [-0.15, -0.1) is 0 Å². The van der Waals surface area contributed by atoms with Crippen molar-refractivity contribution < 1.29 is 23.6 Å². The number of halogens is 1. The normalized spacial score (nSPS) is 15.3. The average Bonchev–Trinajstić information content (AvgIpc) is 3.27. The molecule has 1 heterocycles. The van der Waals surface area contributed by atoms with Gasteiger partial charge in [-0.1, -0.05) is 12.1 Å². The number of nitro groups is 1. The molecule has 0 aliphatic carbocycles. The summed E-state index contributed by atoms with van der Waals surface area (Å²) in [5.74, 6) is -1.73. The third kappa shape index (κ3) is 4.99. The van der Waals surface area contributed by atoms with E-state index in [0.29, 0.717) is 11.3 Å². The fourth-order valence-electron chi connectivity index (χ4n) is 3.77. The molecular weight excluding hydrogens is 405 g/mol. The molecule has 0 aromatic heterocycles. The fraction of sp³-hybridized carbons (Fsp3) is 0.364. The maximum absolute atomic E-state index is 13.8. The Hall–Kier alpha value is -3.49. The lowest BCUT2D eigenvalue weighted by atomic mass is 9.88. The van der Waals surface area contributed by atoms with Crippen molar-refractivity contribution in [1.82, 2.24) is 5.32 Å². The monoisotopic (exact) mass is 429 g/mol. The molecule has 164 valence electrons. The Bertz CT molecular complexity index is 1010. The maximum Gasteiger partial charge on any atom is 0.308 e. The largest absolute Gasteiger partial charge is 0.469 e. The highest BCUT2D eigenvalue weighted by atomic mass is 19.1. The Morgan fingerprint density at radius 3 is 2.55 bits per heavy atom. The van der Waals surface area contributed by atoms with Crippen LogP contribution in [0.4, 0.5) is 15.8 Å². The van der Waals surface area contributed by atoms with Gasteiger partial charge in [0.2, 0.25) is 0 Å². The summed E-state index contributed by atoms with van der Waals surface area (Å²) in [6.45, 7) is 3.02. The van der Waals surface area contributed by atoms with E-state index in [1.165, 1.54) is 37.4 Å². The zero-order valence-corrected chi connectivity index (χ0v) is 17.4. The zero-order chi connectivity index (χ0) is 22.6. The number of esters is 1. The number of amides is 1. The number of rotatable bonds is 7. The summed E-state index contributed by atoms with van der Waals surface area (Å²) >= 11 is 0. The molecule has 1 aliphatic heterocycles. The molecule has 3 rings (SSSR count). The standard InChI is InChI=1S/C22H24FN3O5/c1-22(14-20(27)31-2,16-6-5-7-17(23)13-16)24-21(28)15-8-9-18(19(12-15)26(29)30)25-10-3-4-11-25/h5-9,12-13H,3-4,10-11,14H2,1-2H3,(H,24,28)/t22-/m0/s1. The number of hydrogen-bond donors (Lipinski definition) is 1. The molecule has 1 N–H and O–H groups in total. The quantitative estimate of drug-likeness (QED) is 0.410. The van der Waals surface area contributed by atoms with Gasteiger partial charge in [-0.3, -0.25) is 19.7 Å². The first kappa shape index (κ1) is 22.2. The van der Waals surface area contributed by atoms with Crippen molar-refractivity contribution >= 4 is 23.3 Å². The van der Waals surface area contributed by atoms with Crippen molar-refractivity contribution in [2.75, 3.05) is 25.1 Å². The van der Waals surface area contributed by atoms with E-state index >= 15 is 0 Å². The predicted molar refractivity (Wildman–Crippen MR) is 112 cm³/mol. The minimum atomic E-state index is -1.28. The van der Waals surface area contributed by atoms with Crippen LogP contribution in [0, 0.1) is 15.9 Å². The molecule has 0 spiro atoms. The third-order valence-corrected chi connectivity index (χ3v) is 5.46. The molecule has 2 aromatic carbocycles. The molecule has 2 aromatic rings. The minimum Gasteiger partial charge on any atom is -0.469 e. The first-order valence-electron chi connectivity index (χ1n) is 9.92. The summed E-state index contributed by atoms with van der Waals surface area (Å²) in [4.78, 5) is 38.0. The Labute approximate surface area is 179 Å². The Morgan fingerprint density at radius 1 is 1.23 bits per heavy atom. The number of carbonyl (C=O) groups excluding carboxylic acids is 2. The molecule has 1 fully saturated rings. The van der Waals surface area contributed by atoms with Crippen LogP contribution in [0.15, 0.2) is 42.5 Å². The topological polar surface area (TPSA) is 102 Å². The first-order chi connectivity index (χ1) is 14.7. The Kier molecular flexibility index (Phi) is 6.53. The molecule has 8 nitrogen and oxygen atoms in total. The van der Waals surface area contributed by atoms with Gasteiger partial charge in [0.1, 0.15) is 11.5 Å². The lowest BCUT2D eigenvalue weighted by Gasteiger charge is -2.30. The number of hydrogen-bond acceptors (Lipinski definition) is 6. The van der Waals surface area contributed by atoms with Gasteiger partial charge >= 0.3 is 5.97 Å². The fourth-order valence-corrected chi connectivity index (χ4v) is 3.77. The van der Waals surface area contributed by atoms with Crippen LogP contribution in [0.25, 0.3) is 0 Å².